The van der Waals surface area contributed by atoms with Crippen molar-refractivity contribution >= 4 is 26.8 Å². The summed E-state index contributed by atoms with van der Waals surface area (Å²) in [5.41, 5.74) is 1.20. The minimum atomic E-state index is -3.52. The Balaban J connectivity index is 1.48. The monoisotopic (exact) mass is 423 g/mol. The molecule has 3 rings (SSSR count). The van der Waals surface area contributed by atoms with Gasteiger partial charge in [-0.1, -0.05) is 17.9 Å². The summed E-state index contributed by atoms with van der Waals surface area (Å²) in [6.45, 7) is 0.338. The summed E-state index contributed by atoms with van der Waals surface area (Å²) >= 11 is 0. The van der Waals surface area contributed by atoms with E-state index in [0.29, 0.717) is 11.3 Å². The van der Waals surface area contributed by atoms with Crippen LogP contribution in [0.2, 0.25) is 0 Å². The maximum atomic E-state index is 12.1. The van der Waals surface area contributed by atoms with Gasteiger partial charge in [0.1, 0.15) is 12.4 Å². The van der Waals surface area contributed by atoms with Crippen molar-refractivity contribution in [3.05, 3.63) is 66.4 Å². The van der Waals surface area contributed by atoms with Gasteiger partial charge in [0.15, 0.2) is 0 Å². The van der Waals surface area contributed by atoms with Gasteiger partial charge in [-0.3, -0.25) is 9.78 Å². The van der Waals surface area contributed by atoms with Gasteiger partial charge in [0.05, 0.1) is 17.0 Å². The number of carbonyl (C=O) groups excluding carboxylic acids is 1. The average Bonchev–Trinajstić information content (AvgIpc) is 2.75. The fourth-order valence-corrected chi connectivity index (χ4v) is 3.49. The first kappa shape index (κ1) is 21.3. The lowest BCUT2D eigenvalue weighted by Gasteiger charge is -2.11. The zero-order valence-electron chi connectivity index (χ0n) is 16.6. The molecule has 0 saturated carbocycles. The van der Waals surface area contributed by atoms with Crippen LogP contribution in [0.1, 0.15) is 10.4 Å². The Bertz CT molecular complexity index is 1210. The van der Waals surface area contributed by atoms with Crippen molar-refractivity contribution in [1.29, 1.82) is 0 Å². The van der Waals surface area contributed by atoms with E-state index in [1.165, 1.54) is 38.4 Å². The van der Waals surface area contributed by atoms with E-state index in [4.69, 9.17) is 4.74 Å². The summed E-state index contributed by atoms with van der Waals surface area (Å²) in [6.07, 6.45) is 1.73. The third-order valence-electron chi connectivity index (χ3n) is 4.25. The van der Waals surface area contributed by atoms with Gasteiger partial charge < -0.3 is 10.1 Å². The Morgan fingerprint density at radius 1 is 1.10 bits per heavy atom. The standard InChI is InChI=1S/C22H21N3O4S/c1-25(2)30(27,28)20-11-8-18(9-12-20)22(26)24-13-3-4-15-29-19-10-7-17-6-5-14-23-21(17)16-19/h5-12,14,16H,13,15H2,1-2H3,(H,24,26). The number of rotatable bonds is 6. The molecule has 0 aliphatic heterocycles. The van der Waals surface area contributed by atoms with Crippen LogP contribution in [0.3, 0.4) is 0 Å². The molecule has 0 fully saturated rings. The molecule has 7 nitrogen and oxygen atoms in total. The molecule has 0 radical (unpaired) electrons. The smallest absolute Gasteiger partial charge is 0.252 e. The Kier molecular flexibility index (Phi) is 6.67. The number of ether oxygens (including phenoxy) is 1. The normalized spacial score (nSPS) is 11.0. The number of carbonyl (C=O) groups is 1. The molecule has 3 aromatic rings. The number of nitrogens with one attached hydrogen (secondary N) is 1. The van der Waals surface area contributed by atoms with Crippen LogP contribution < -0.4 is 10.1 Å². The van der Waals surface area contributed by atoms with E-state index < -0.39 is 10.0 Å². The van der Waals surface area contributed by atoms with E-state index in [1.54, 1.807) is 6.20 Å². The number of pyridine rings is 1. The highest BCUT2D eigenvalue weighted by atomic mass is 32.2. The molecule has 1 amide bonds. The number of sulfonamides is 1. The van der Waals surface area contributed by atoms with Crippen molar-refractivity contribution in [3.63, 3.8) is 0 Å². The Morgan fingerprint density at radius 2 is 1.87 bits per heavy atom. The highest BCUT2D eigenvalue weighted by Gasteiger charge is 2.17. The Labute approximate surface area is 175 Å². The summed E-state index contributed by atoms with van der Waals surface area (Å²) in [5.74, 6) is 6.00. The molecular formula is C22H21N3O4S. The van der Waals surface area contributed by atoms with E-state index in [9.17, 15) is 13.2 Å². The molecule has 30 heavy (non-hydrogen) atoms. The lowest BCUT2D eigenvalue weighted by Crippen LogP contribution is -2.24. The number of aromatic nitrogens is 1. The van der Waals surface area contributed by atoms with Gasteiger partial charge in [0, 0.05) is 37.3 Å². The highest BCUT2D eigenvalue weighted by Crippen LogP contribution is 2.18. The number of hydrogen-bond donors (Lipinski definition) is 1. The molecule has 0 aliphatic carbocycles. The van der Waals surface area contributed by atoms with E-state index in [0.717, 1.165) is 15.2 Å². The maximum Gasteiger partial charge on any atom is 0.252 e. The third-order valence-corrected chi connectivity index (χ3v) is 6.08. The predicted molar refractivity (Wildman–Crippen MR) is 115 cm³/mol. The fourth-order valence-electron chi connectivity index (χ4n) is 2.58. The van der Waals surface area contributed by atoms with Crippen LogP contribution in [0.15, 0.2) is 65.7 Å². The van der Waals surface area contributed by atoms with Gasteiger partial charge in [-0.2, -0.15) is 0 Å². The van der Waals surface area contributed by atoms with Gasteiger partial charge in [-0.15, -0.1) is 0 Å². The maximum absolute atomic E-state index is 12.1. The SMILES string of the molecule is CN(C)S(=O)(=O)c1ccc(C(=O)NCC#CCOc2ccc3cccnc3c2)cc1. The van der Waals surface area contributed by atoms with E-state index >= 15 is 0 Å². The number of fused-ring (bicyclic) bond motifs is 1. The zero-order chi connectivity index (χ0) is 21.6. The zero-order valence-corrected chi connectivity index (χ0v) is 17.4. The molecule has 8 heteroatoms. The molecule has 1 aromatic heterocycles. The molecule has 0 bridgehead atoms. The lowest BCUT2D eigenvalue weighted by atomic mass is 10.2. The van der Waals surface area contributed by atoms with Crippen molar-refractivity contribution in [3.8, 4) is 17.6 Å². The van der Waals surface area contributed by atoms with Crippen LogP contribution in [0.4, 0.5) is 0 Å². The molecule has 0 saturated heterocycles. The average molecular weight is 423 g/mol. The van der Waals surface area contributed by atoms with Crippen LogP contribution in [-0.4, -0.2) is 50.9 Å². The second kappa shape index (κ2) is 9.39. The molecule has 1 N–H and O–H groups in total. The quantitative estimate of drug-likeness (QED) is 0.615. The van der Waals surface area contributed by atoms with Gasteiger partial charge in [0.2, 0.25) is 10.0 Å². The van der Waals surface area contributed by atoms with Crippen molar-refractivity contribution in [2.45, 2.75) is 4.90 Å². The first-order chi connectivity index (χ1) is 14.4. The molecular weight excluding hydrogens is 402 g/mol. The van der Waals surface area contributed by atoms with E-state index in [-0.39, 0.29) is 24.0 Å². The topological polar surface area (TPSA) is 88.6 Å². The summed E-state index contributed by atoms with van der Waals surface area (Å²) < 4.78 is 30.8. The summed E-state index contributed by atoms with van der Waals surface area (Å²) in [6, 6.07) is 15.2. The van der Waals surface area contributed by atoms with Crippen LogP contribution >= 0.6 is 0 Å². The van der Waals surface area contributed by atoms with Crippen molar-refractivity contribution in [2.75, 3.05) is 27.2 Å². The predicted octanol–water partition coefficient (Wildman–Crippen LogP) is 2.30. The first-order valence-electron chi connectivity index (χ1n) is 9.12. The van der Waals surface area contributed by atoms with Crippen molar-refractivity contribution in [1.82, 2.24) is 14.6 Å². The molecule has 154 valence electrons. The third kappa shape index (κ3) is 5.14. The second-order valence-corrected chi connectivity index (χ2v) is 8.65. The van der Waals surface area contributed by atoms with E-state index in [2.05, 4.69) is 22.1 Å². The summed E-state index contributed by atoms with van der Waals surface area (Å²) in [7, 11) is -0.613. The minimum absolute atomic E-state index is 0.130. The van der Waals surface area contributed by atoms with Gasteiger partial charge in [-0.25, -0.2) is 12.7 Å². The minimum Gasteiger partial charge on any atom is -0.481 e. The van der Waals surface area contributed by atoms with Gasteiger partial charge in [0.25, 0.3) is 5.91 Å². The fraction of sp³-hybridized carbons (Fsp3) is 0.182. The lowest BCUT2D eigenvalue weighted by molar-refractivity contribution is 0.0958. The summed E-state index contributed by atoms with van der Waals surface area (Å²) in [5, 5.41) is 3.70. The molecule has 0 spiro atoms. The van der Waals surface area contributed by atoms with Crippen molar-refractivity contribution < 1.29 is 17.9 Å². The highest BCUT2D eigenvalue weighted by molar-refractivity contribution is 7.89. The van der Waals surface area contributed by atoms with Crippen LogP contribution in [-0.2, 0) is 10.0 Å². The molecule has 0 unspecified atom stereocenters. The van der Waals surface area contributed by atoms with Crippen LogP contribution in [0.25, 0.3) is 10.9 Å². The number of amides is 1. The molecule has 2 aromatic carbocycles. The van der Waals surface area contributed by atoms with Gasteiger partial charge in [-0.05, 0) is 42.5 Å². The Morgan fingerprint density at radius 3 is 2.60 bits per heavy atom. The molecule has 0 aliphatic rings. The number of nitrogens with zero attached hydrogens (tertiary/aromatic N) is 2. The first-order valence-corrected chi connectivity index (χ1v) is 10.6. The van der Waals surface area contributed by atoms with E-state index in [1.807, 2.05) is 30.3 Å². The van der Waals surface area contributed by atoms with Crippen LogP contribution in [0, 0.1) is 11.8 Å². The van der Waals surface area contributed by atoms with Crippen molar-refractivity contribution in [2.24, 2.45) is 0 Å². The van der Waals surface area contributed by atoms with Gasteiger partial charge >= 0.3 is 0 Å². The second-order valence-electron chi connectivity index (χ2n) is 6.49. The molecule has 1 heterocycles. The molecule has 0 atom stereocenters. The number of hydrogen-bond acceptors (Lipinski definition) is 5. The summed E-state index contributed by atoms with van der Waals surface area (Å²) in [4.78, 5) is 16.5. The largest absolute Gasteiger partial charge is 0.481 e. The Hall–Kier alpha value is -3.41. The van der Waals surface area contributed by atoms with Crippen LogP contribution in [0.5, 0.6) is 5.75 Å². The number of benzene rings is 2.